The minimum absolute atomic E-state index is 0.247. The molecule has 1 atom stereocenters. The molecule has 8 heteroatoms. The minimum Gasteiger partial charge on any atom is -0.325 e. The third-order valence-electron chi connectivity index (χ3n) is 3.73. The molecule has 25 heavy (non-hydrogen) atoms. The van der Waals surface area contributed by atoms with Crippen LogP contribution in [0.1, 0.15) is 26.3 Å². The number of carbonyl (C=O) groups excluding carboxylic acids is 2. The highest BCUT2D eigenvalue weighted by molar-refractivity contribution is 7.99. The molecular formula is C17H23N5O2S. The number of amides is 3. The Kier molecular flexibility index (Phi) is 7.00. The number of hydrogen-bond donors (Lipinski definition) is 0. The Morgan fingerprint density at radius 1 is 1.20 bits per heavy atom. The molecule has 2 aromatic rings. The van der Waals surface area contributed by atoms with Crippen LogP contribution in [0, 0.1) is 0 Å². The maximum absolute atomic E-state index is 12.9. The summed E-state index contributed by atoms with van der Waals surface area (Å²) in [6.45, 7) is 6.93. The van der Waals surface area contributed by atoms with Gasteiger partial charge in [0.2, 0.25) is 5.91 Å². The van der Waals surface area contributed by atoms with Gasteiger partial charge in [-0.25, -0.2) is 9.78 Å². The number of rotatable bonds is 7. The molecule has 0 saturated heterocycles. The van der Waals surface area contributed by atoms with Gasteiger partial charge in [0.05, 0.1) is 6.54 Å². The first kappa shape index (κ1) is 19.0. The summed E-state index contributed by atoms with van der Waals surface area (Å²) in [7, 11) is 0. The van der Waals surface area contributed by atoms with Crippen molar-refractivity contribution in [3.05, 3.63) is 48.5 Å². The van der Waals surface area contributed by atoms with Gasteiger partial charge in [0.25, 0.3) is 0 Å². The first-order chi connectivity index (χ1) is 12.1. The van der Waals surface area contributed by atoms with Crippen LogP contribution in [0.3, 0.4) is 0 Å². The van der Waals surface area contributed by atoms with Crippen LogP contribution >= 0.6 is 11.9 Å². The Morgan fingerprint density at radius 3 is 2.44 bits per heavy atom. The van der Waals surface area contributed by atoms with E-state index < -0.39 is 5.25 Å². The average molecular weight is 361 g/mol. The van der Waals surface area contributed by atoms with Gasteiger partial charge < -0.3 is 4.90 Å². The van der Waals surface area contributed by atoms with Crippen LogP contribution in [0.15, 0.2) is 43.0 Å². The molecule has 0 radical (unpaired) electrons. The Labute approximate surface area is 152 Å². The van der Waals surface area contributed by atoms with Gasteiger partial charge >= 0.3 is 6.03 Å². The molecule has 1 aromatic carbocycles. The predicted molar refractivity (Wildman–Crippen MR) is 97.8 cm³/mol. The van der Waals surface area contributed by atoms with Gasteiger partial charge in [-0.05, 0) is 38.3 Å². The second-order valence-electron chi connectivity index (χ2n) is 5.41. The van der Waals surface area contributed by atoms with E-state index in [0.29, 0.717) is 13.1 Å². The Morgan fingerprint density at radius 2 is 1.88 bits per heavy atom. The third-order valence-corrected chi connectivity index (χ3v) is 4.65. The van der Waals surface area contributed by atoms with Gasteiger partial charge in [0, 0.05) is 13.1 Å². The summed E-state index contributed by atoms with van der Waals surface area (Å²) in [5.41, 5.74) is 0.911. The fourth-order valence-electron chi connectivity index (χ4n) is 2.35. The van der Waals surface area contributed by atoms with Crippen LogP contribution in [-0.4, -0.2) is 54.2 Å². The lowest BCUT2D eigenvalue weighted by molar-refractivity contribution is -0.128. The van der Waals surface area contributed by atoms with Crippen molar-refractivity contribution >= 4 is 23.9 Å². The fourth-order valence-corrected chi connectivity index (χ4v) is 3.10. The van der Waals surface area contributed by atoms with E-state index in [1.165, 1.54) is 33.6 Å². The lowest BCUT2D eigenvalue weighted by Crippen LogP contribution is -2.48. The van der Waals surface area contributed by atoms with Crippen LogP contribution in [0.5, 0.6) is 0 Å². The van der Waals surface area contributed by atoms with E-state index >= 15 is 0 Å². The van der Waals surface area contributed by atoms with E-state index in [1.807, 2.05) is 44.2 Å². The molecule has 0 bridgehead atoms. The number of carbonyl (C=O) groups is 2. The van der Waals surface area contributed by atoms with Crippen LogP contribution in [0.2, 0.25) is 0 Å². The molecule has 0 saturated carbocycles. The average Bonchev–Trinajstić information content (AvgIpc) is 3.14. The van der Waals surface area contributed by atoms with Gasteiger partial charge in [0.1, 0.15) is 17.9 Å². The number of urea groups is 1. The molecule has 3 amide bonds. The van der Waals surface area contributed by atoms with Gasteiger partial charge in [-0.3, -0.25) is 9.69 Å². The Hall–Kier alpha value is -2.35. The largest absolute Gasteiger partial charge is 0.327 e. The fraction of sp³-hybridized carbons (Fsp3) is 0.412. The molecule has 2 rings (SSSR count). The summed E-state index contributed by atoms with van der Waals surface area (Å²) in [6.07, 6.45) is 2.94. The van der Waals surface area contributed by atoms with Crippen molar-refractivity contribution in [2.45, 2.75) is 32.6 Å². The van der Waals surface area contributed by atoms with Crippen molar-refractivity contribution in [3.8, 4) is 0 Å². The maximum atomic E-state index is 12.9. The second kappa shape index (κ2) is 9.22. The summed E-state index contributed by atoms with van der Waals surface area (Å²) in [5, 5.41) is 3.53. The summed E-state index contributed by atoms with van der Waals surface area (Å²) in [4.78, 5) is 32.6. The zero-order valence-electron chi connectivity index (χ0n) is 14.7. The molecule has 1 aromatic heterocycles. The molecule has 0 aliphatic rings. The normalized spacial score (nSPS) is 11.8. The predicted octanol–water partition coefficient (Wildman–Crippen LogP) is 2.65. The van der Waals surface area contributed by atoms with Gasteiger partial charge in [-0.2, -0.15) is 4.09 Å². The smallest absolute Gasteiger partial charge is 0.325 e. The summed E-state index contributed by atoms with van der Waals surface area (Å²) < 4.78 is 1.52. The molecule has 7 nitrogen and oxygen atoms in total. The highest BCUT2D eigenvalue weighted by atomic mass is 32.2. The molecular weight excluding hydrogens is 338 g/mol. The molecule has 134 valence electrons. The van der Waals surface area contributed by atoms with E-state index in [9.17, 15) is 9.59 Å². The topological polar surface area (TPSA) is 71.3 Å². The van der Waals surface area contributed by atoms with Crippen molar-refractivity contribution in [1.82, 2.24) is 24.0 Å². The highest BCUT2D eigenvalue weighted by Gasteiger charge is 2.29. The van der Waals surface area contributed by atoms with Crippen molar-refractivity contribution in [1.29, 1.82) is 0 Å². The lowest BCUT2D eigenvalue weighted by Gasteiger charge is -2.29. The number of hydrogen-bond acceptors (Lipinski definition) is 5. The molecule has 0 aliphatic carbocycles. The highest BCUT2D eigenvalue weighted by Crippen LogP contribution is 2.17. The van der Waals surface area contributed by atoms with E-state index in [0.717, 1.165) is 5.56 Å². The van der Waals surface area contributed by atoms with Crippen LogP contribution in [0.4, 0.5) is 4.79 Å². The van der Waals surface area contributed by atoms with Crippen molar-refractivity contribution in [2.75, 3.05) is 13.1 Å². The van der Waals surface area contributed by atoms with Crippen LogP contribution in [0.25, 0.3) is 0 Å². The maximum Gasteiger partial charge on any atom is 0.327 e. The molecule has 0 fully saturated rings. The third kappa shape index (κ3) is 5.06. The number of imide groups is 1. The molecule has 0 N–H and O–H groups in total. The zero-order valence-corrected chi connectivity index (χ0v) is 15.5. The van der Waals surface area contributed by atoms with Crippen molar-refractivity contribution in [3.63, 3.8) is 0 Å². The first-order valence-electron chi connectivity index (χ1n) is 8.22. The summed E-state index contributed by atoms with van der Waals surface area (Å²) in [5.74, 6) is -0.249. The van der Waals surface area contributed by atoms with E-state index in [4.69, 9.17) is 0 Å². The molecule has 0 spiro atoms. The Bertz CT molecular complexity index is 674. The first-order valence-corrected chi connectivity index (χ1v) is 9.06. The minimum atomic E-state index is -0.468. The van der Waals surface area contributed by atoms with Crippen LogP contribution in [-0.2, 0) is 11.3 Å². The molecule has 1 unspecified atom stereocenters. The van der Waals surface area contributed by atoms with Crippen molar-refractivity contribution in [2.24, 2.45) is 0 Å². The zero-order chi connectivity index (χ0) is 18.2. The monoisotopic (exact) mass is 361 g/mol. The van der Waals surface area contributed by atoms with E-state index in [-0.39, 0.29) is 18.5 Å². The second-order valence-corrected chi connectivity index (χ2v) is 6.70. The standard InChI is InChI=1S/C17H23N5O2S/c1-4-20(5-2)17(24)21(11-15-9-7-6-8-10-15)16(23)14(3)25-22-13-18-12-19-22/h6-10,12-14H,4-5,11H2,1-3H3. The molecule has 0 aliphatic heterocycles. The quantitative estimate of drug-likeness (QED) is 0.758. The van der Waals surface area contributed by atoms with Crippen molar-refractivity contribution < 1.29 is 9.59 Å². The van der Waals surface area contributed by atoms with Gasteiger partial charge in [-0.1, -0.05) is 30.3 Å². The van der Waals surface area contributed by atoms with Gasteiger partial charge in [0.15, 0.2) is 0 Å². The summed E-state index contributed by atoms with van der Waals surface area (Å²) >= 11 is 1.22. The summed E-state index contributed by atoms with van der Waals surface area (Å²) in [6, 6.07) is 9.24. The van der Waals surface area contributed by atoms with E-state index in [2.05, 4.69) is 10.1 Å². The number of benzene rings is 1. The molecule has 1 heterocycles. The number of nitrogens with zero attached hydrogens (tertiary/aromatic N) is 5. The van der Waals surface area contributed by atoms with Crippen LogP contribution < -0.4 is 0 Å². The lowest BCUT2D eigenvalue weighted by atomic mass is 10.2. The van der Waals surface area contributed by atoms with Gasteiger partial charge in [-0.15, -0.1) is 5.10 Å². The SMILES string of the molecule is CCN(CC)C(=O)N(Cc1ccccc1)C(=O)C(C)Sn1cncn1. The van der Waals surface area contributed by atoms with E-state index in [1.54, 1.807) is 11.8 Å². The Balaban J connectivity index is 2.19. The number of aromatic nitrogens is 3.